The Balaban J connectivity index is 1.52. The van der Waals surface area contributed by atoms with Crippen LogP contribution in [-0.2, 0) is 4.79 Å². The molecule has 3 fully saturated rings. The van der Waals surface area contributed by atoms with Crippen LogP contribution in [0.1, 0.15) is 55.7 Å². The second kappa shape index (κ2) is 7.43. The molecule has 29 heavy (non-hydrogen) atoms. The maximum absolute atomic E-state index is 13.4. The second-order valence-electron chi connectivity index (χ2n) is 9.13. The van der Waals surface area contributed by atoms with Crippen LogP contribution in [0.4, 0.5) is 4.79 Å². The largest absolute Gasteiger partial charge is 0.337 e. The fourth-order valence-corrected chi connectivity index (χ4v) is 4.51. The van der Waals surface area contributed by atoms with Crippen molar-refractivity contribution in [1.29, 1.82) is 0 Å². The van der Waals surface area contributed by atoms with E-state index in [2.05, 4.69) is 18.8 Å². The molecule has 4 rings (SSSR count). The first-order valence-corrected chi connectivity index (χ1v) is 10.7. The topological polar surface area (TPSA) is 73.8 Å². The Morgan fingerprint density at radius 2 is 1.90 bits per heavy atom. The quantitative estimate of drug-likeness (QED) is 0.715. The Bertz CT molecular complexity index is 825. The minimum Gasteiger partial charge on any atom is -0.337 e. The van der Waals surface area contributed by atoms with Crippen molar-refractivity contribution >= 4 is 17.8 Å². The summed E-state index contributed by atoms with van der Waals surface area (Å²) < 4.78 is 0. The summed E-state index contributed by atoms with van der Waals surface area (Å²) in [5.41, 5.74) is 0.441. The third kappa shape index (κ3) is 3.63. The van der Waals surface area contributed by atoms with Crippen LogP contribution in [0.3, 0.4) is 0 Å². The molecule has 7 heteroatoms. The summed E-state index contributed by atoms with van der Waals surface area (Å²) in [4.78, 5) is 48.7. The molecule has 0 atom stereocenters. The highest BCUT2D eigenvalue weighted by Gasteiger charge is 2.58. The van der Waals surface area contributed by atoms with Gasteiger partial charge in [0.25, 0.3) is 11.8 Å². The predicted octanol–water partition coefficient (Wildman–Crippen LogP) is 2.70. The molecule has 7 nitrogen and oxygen atoms in total. The van der Waals surface area contributed by atoms with Crippen molar-refractivity contribution < 1.29 is 14.4 Å². The average molecular weight is 399 g/mol. The van der Waals surface area contributed by atoms with Gasteiger partial charge in [-0.15, -0.1) is 0 Å². The van der Waals surface area contributed by atoms with E-state index in [0.29, 0.717) is 50.6 Å². The van der Waals surface area contributed by atoms with E-state index in [1.165, 1.54) is 4.90 Å². The van der Waals surface area contributed by atoms with Crippen LogP contribution in [0.15, 0.2) is 18.2 Å². The van der Waals surface area contributed by atoms with E-state index in [4.69, 9.17) is 0 Å². The fraction of sp³-hybridized carbons (Fsp3) is 0.636. The first-order chi connectivity index (χ1) is 13.8. The Kier molecular flexibility index (Phi) is 5.09. The van der Waals surface area contributed by atoms with Crippen LogP contribution < -0.4 is 0 Å². The zero-order valence-corrected chi connectivity index (χ0v) is 17.6. The number of piperidine rings is 1. The van der Waals surface area contributed by atoms with Gasteiger partial charge in [-0.25, -0.2) is 9.78 Å². The number of carbonyl (C=O) groups excluding carboxylic acids is 3. The minimum atomic E-state index is -0.799. The van der Waals surface area contributed by atoms with Gasteiger partial charge in [0.2, 0.25) is 0 Å². The zero-order valence-electron chi connectivity index (χ0n) is 17.6. The molecular formula is C22H30N4O3. The van der Waals surface area contributed by atoms with E-state index >= 15 is 0 Å². The number of urea groups is 1. The van der Waals surface area contributed by atoms with E-state index in [0.717, 1.165) is 18.5 Å². The minimum absolute atomic E-state index is 0.0594. The number of hydrogen-bond donors (Lipinski definition) is 0. The van der Waals surface area contributed by atoms with Gasteiger partial charge in [-0.2, -0.15) is 0 Å². The van der Waals surface area contributed by atoms with Gasteiger partial charge in [-0.1, -0.05) is 19.9 Å². The molecule has 1 saturated carbocycles. The third-order valence-corrected chi connectivity index (χ3v) is 6.29. The lowest BCUT2D eigenvalue weighted by Gasteiger charge is -2.42. The van der Waals surface area contributed by atoms with Gasteiger partial charge in [0.1, 0.15) is 11.2 Å². The maximum atomic E-state index is 13.4. The molecule has 2 saturated heterocycles. The van der Waals surface area contributed by atoms with Gasteiger partial charge in [0.15, 0.2) is 0 Å². The number of pyridine rings is 1. The Morgan fingerprint density at radius 3 is 2.48 bits per heavy atom. The molecule has 2 aliphatic heterocycles. The molecule has 1 aliphatic carbocycles. The first kappa shape index (κ1) is 19.9. The van der Waals surface area contributed by atoms with Crippen molar-refractivity contribution in [2.45, 2.75) is 52.0 Å². The van der Waals surface area contributed by atoms with Crippen molar-refractivity contribution in [3.63, 3.8) is 0 Å². The first-order valence-electron chi connectivity index (χ1n) is 10.7. The van der Waals surface area contributed by atoms with Crippen LogP contribution >= 0.6 is 0 Å². The summed E-state index contributed by atoms with van der Waals surface area (Å²) >= 11 is 0. The van der Waals surface area contributed by atoms with Crippen molar-refractivity contribution in [3.8, 4) is 0 Å². The van der Waals surface area contributed by atoms with E-state index in [9.17, 15) is 14.4 Å². The molecule has 0 aromatic carbocycles. The molecule has 4 amide bonds. The number of hydrogen-bond acceptors (Lipinski definition) is 4. The summed E-state index contributed by atoms with van der Waals surface area (Å²) in [5.74, 6) is 0.579. The van der Waals surface area contributed by atoms with Crippen LogP contribution in [0.25, 0.3) is 0 Å². The van der Waals surface area contributed by atoms with Crippen LogP contribution in [0, 0.1) is 18.8 Å². The highest BCUT2D eigenvalue weighted by molar-refractivity contribution is 6.07. The van der Waals surface area contributed by atoms with Gasteiger partial charge in [-0.3, -0.25) is 14.5 Å². The monoisotopic (exact) mass is 398 g/mol. The van der Waals surface area contributed by atoms with Gasteiger partial charge < -0.3 is 9.80 Å². The van der Waals surface area contributed by atoms with Crippen LogP contribution in [-0.4, -0.2) is 69.2 Å². The van der Waals surface area contributed by atoms with E-state index < -0.39 is 5.54 Å². The fourth-order valence-electron chi connectivity index (χ4n) is 4.51. The number of aromatic nitrogens is 1. The van der Waals surface area contributed by atoms with E-state index in [1.807, 2.05) is 19.1 Å². The molecule has 1 aromatic heterocycles. The molecule has 0 radical (unpaired) electrons. The molecule has 3 aliphatic rings. The summed E-state index contributed by atoms with van der Waals surface area (Å²) in [5, 5.41) is 0. The van der Waals surface area contributed by atoms with E-state index in [-0.39, 0.29) is 23.8 Å². The number of rotatable bonds is 5. The lowest BCUT2D eigenvalue weighted by molar-refractivity contribution is -0.135. The van der Waals surface area contributed by atoms with Gasteiger partial charge in [-0.05, 0) is 56.6 Å². The number of nitrogens with zero attached hydrogens (tertiary/aromatic N) is 4. The lowest BCUT2D eigenvalue weighted by Crippen LogP contribution is -2.58. The van der Waals surface area contributed by atoms with E-state index in [1.54, 1.807) is 15.9 Å². The number of imide groups is 1. The average Bonchev–Trinajstić information content (AvgIpc) is 3.50. The third-order valence-electron chi connectivity index (χ3n) is 6.29. The summed E-state index contributed by atoms with van der Waals surface area (Å²) in [6.07, 6.45) is 3.17. The Hall–Kier alpha value is -2.44. The van der Waals surface area contributed by atoms with Gasteiger partial charge in [0.05, 0.1) is 0 Å². The Morgan fingerprint density at radius 1 is 1.21 bits per heavy atom. The Labute approximate surface area is 172 Å². The molecule has 0 unspecified atom stereocenters. The SMILES string of the molecule is Cc1cccc(C(=O)N2CCC3(CC2)C(=O)N(CC2CC2)C(=O)N3CC(C)C)n1. The van der Waals surface area contributed by atoms with Crippen molar-refractivity contribution in [3.05, 3.63) is 29.6 Å². The molecular weight excluding hydrogens is 368 g/mol. The highest BCUT2D eigenvalue weighted by Crippen LogP contribution is 2.40. The summed E-state index contributed by atoms with van der Waals surface area (Å²) in [6.45, 7) is 8.03. The standard InChI is InChI=1S/C22H30N4O3/c1-15(2)13-26-21(29)25(14-17-7-8-17)20(28)22(26)9-11-24(12-10-22)19(27)18-6-4-5-16(3)23-18/h4-6,15,17H,7-14H2,1-3H3. The lowest BCUT2D eigenvalue weighted by atomic mass is 9.85. The molecule has 0 N–H and O–H groups in total. The number of carbonyl (C=O) groups is 3. The predicted molar refractivity (Wildman–Crippen MR) is 108 cm³/mol. The van der Waals surface area contributed by atoms with Crippen molar-refractivity contribution in [1.82, 2.24) is 19.7 Å². The normalized spacial score (nSPS) is 21.6. The molecule has 156 valence electrons. The molecule has 1 spiro atoms. The summed E-state index contributed by atoms with van der Waals surface area (Å²) in [6, 6.07) is 5.28. The molecule has 0 bridgehead atoms. The number of likely N-dealkylation sites (tertiary alicyclic amines) is 1. The number of aryl methyl sites for hydroxylation is 1. The van der Waals surface area contributed by atoms with Crippen LogP contribution in [0.5, 0.6) is 0 Å². The second-order valence-corrected chi connectivity index (χ2v) is 9.13. The number of amides is 4. The maximum Gasteiger partial charge on any atom is 0.327 e. The smallest absolute Gasteiger partial charge is 0.327 e. The van der Waals surface area contributed by atoms with Crippen LogP contribution in [0.2, 0.25) is 0 Å². The highest BCUT2D eigenvalue weighted by atomic mass is 16.2. The van der Waals surface area contributed by atoms with Gasteiger partial charge in [0, 0.05) is 31.9 Å². The van der Waals surface area contributed by atoms with Gasteiger partial charge >= 0.3 is 6.03 Å². The van der Waals surface area contributed by atoms with Crippen molar-refractivity contribution in [2.24, 2.45) is 11.8 Å². The summed E-state index contributed by atoms with van der Waals surface area (Å²) in [7, 11) is 0. The molecule has 1 aromatic rings. The molecule has 3 heterocycles. The zero-order chi connectivity index (χ0) is 20.8. The van der Waals surface area contributed by atoms with Crippen molar-refractivity contribution in [2.75, 3.05) is 26.2 Å².